The minimum absolute atomic E-state index is 0.911. The topological polar surface area (TPSA) is 37.4 Å². The number of nitrogens with zero attached hydrogens (tertiary/aromatic N) is 2. The minimum atomic E-state index is 0.911. The first-order chi connectivity index (χ1) is 10.6. The Kier molecular flexibility index (Phi) is 4.36. The summed E-state index contributed by atoms with van der Waals surface area (Å²) >= 11 is 1.80. The molecule has 1 aliphatic heterocycles. The van der Waals surface area contributed by atoms with Crippen molar-refractivity contribution in [1.29, 1.82) is 0 Å². The van der Waals surface area contributed by atoms with Crippen molar-refractivity contribution in [2.75, 3.05) is 38.2 Å². The van der Waals surface area contributed by atoms with Crippen LogP contribution in [0.4, 0.5) is 5.13 Å². The zero-order valence-electron chi connectivity index (χ0n) is 13.7. The van der Waals surface area contributed by atoms with Gasteiger partial charge in [-0.3, -0.25) is 0 Å². The molecule has 118 valence electrons. The lowest BCUT2D eigenvalue weighted by Crippen LogP contribution is -2.43. The lowest BCUT2D eigenvalue weighted by molar-refractivity contribution is 0.414. The molecule has 0 bridgehead atoms. The number of ether oxygens (including phenoxy) is 1. The van der Waals surface area contributed by atoms with Gasteiger partial charge in [0.25, 0.3) is 0 Å². The maximum Gasteiger partial charge on any atom is 0.186 e. The molecule has 1 aromatic carbocycles. The summed E-state index contributed by atoms with van der Waals surface area (Å²) in [6, 6.07) is 4.18. The largest absolute Gasteiger partial charge is 0.497 e. The average molecular weight is 317 g/mol. The molecule has 22 heavy (non-hydrogen) atoms. The van der Waals surface area contributed by atoms with Crippen LogP contribution in [0.15, 0.2) is 12.1 Å². The Balaban J connectivity index is 2.00. The van der Waals surface area contributed by atoms with E-state index in [9.17, 15) is 0 Å². The van der Waals surface area contributed by atoms with Crippen molar-refractivity contribution in [2.45, 2.75) is 20.8 Å². The summed E-state index contributed by atoms with van der Waals surface area (Å²) in [6.07, 6.45) is 0. The Morgan fingerprint density at radius 3 is 2.36 bits per heavy atom. The summed E-state index contributed by atoms with van der Waals surface area (Å²) < 4.78 is 5.36. The highest BCUT2D eigenvalue weighted by Gasteiger charge is 2.19. The molecule has 0 radical (unpaired) electrons. The fourth-order valence-electron chi connectivity index (χ4n) is 3.02. The zero-order valence-corrected chi connectivity index (χ0v) is 14.5. The smallest absolute Gasteiger partial charge is 0.186 e. The van der Waals surface area contributed by atoms with Gasteiger partial charge in [-0.25, -0.2) is 4.98 Å². The van der Waals surface area contributed by atoms with E-state index in [-0.39, 0.29) is 0 Å². The summed E-state index contributed by atoms with van der Waals surface area (Å²) in [5.41, 5.74) is 4.81. The number of hydrogen-bond acceptors (Lipinski definition) is 5. The van der Waals surface area contributed by atoms with Crippen LogP contribution in [-0.4, -0.2) is 38.3 Å². The number of methoxy groups -OCH3 is 1. The van der Waals surface area contributed by atoms with Crippen LogP contribution in [0.2, 0.25) is 0 Å². The van der Waals surface area contributed by atoms with E-state index in [1.807, 2.05) is 0 Å². The van der Waals surface area contributed by atoms with E-state index in [2.05, 4.69) is 43.1 Å². The third-order valence-electron chi connectivity index (χ3n) is 4.15. The molecule has 1 saturated heterocycles. The van der Waals surface area contributed by atoms with Crippen LogP contribution in [0.25, 0.3) is 11.3 Å². The Morgan fingerprint density at radius 2 is 1.77 bits per heavy atom. The van der Waals surface area contributed by atoms with Gasteiger partial charge in [-0.05, 0) is 44.0 Å². The fraction of sp³-hybridized carbons (Fsp3) is 0.471. The van der Waals surface area contributed by atoms with Crippen molar-refractivity contribution in [3.8, 4) is 17.0 Å². The molecule has 1 aromatic heterocycles. The molecule has 1 N–H and O–H groups in total. The van der Waals surface area contributed by atoms with E-state index < -0.39 is 0 Å². The van der Waals surface area contributed by atoms with E-state index >= 15 is 0 Å². The first-order valence-electron chi connectivity index (χ1n) is 7.69. The molecule has 0 atom stereocenters. The van der Waals surface area contributed by atoms with Crippen LogP contribution in [0.5, 0.6) is 5.75 Å². The first kappa shape index (κ1) is 15.3. The SMILES string of the molecule is COc1cc(C)c(-c2nc(N3CCNCC3)sc2C)c(C)c1. The quantitative estimate of drug-likeness (QED) is 0.943. The standard InChI is InChI=1S/C17H23N3OS/c1-11-9-14(21-4)10-12(2)15(11)16-13(3)22-17(19-16)20-7-5-18-6-8-20/h9-10,18H,5-8H2,1-4H3. The van der Waals surface area contributed by atoms with Gasteiger partial charge < -0.3 is 15.0 Å². The van der Waals surface area contributed by atoms with Gasteiger partial charge in [0, 0.05) is 36.6 Å². The van der Waals surface area contributed by atoms with Crippen molar-refractivity contribution in [3.05, 3.63) is 28.1 Å². The number of nitrogens with one attached hydrogen (secondary N) is 1. The number of aryl methyl sites for hydroxylation is 3. The summed E-state index contributed by atoms with van der Waals surface area (Å²) in [5.74, 6) is 0.911. The Morgan fingerprint density at radius 1 is 1.14 bits per heavy atom. The van der Waals surface area contributed by atoms with Gasteiger partial charge in [0.1, 0.15) is 5.75 Å². The third-order valence-corrected chi connectivity index (χ3v) is 5.18. The third kappa shape index (κ3) is 2.83. The second kappa shape index (κ2) is 6.26. The zero-order chi connectivity index (χ0) is 15.7. The molecule has 0 saturated carbocycles. The van der Waals surface area contributed by atoms with Gasteiger partial charge in [0.15, 0.2) is 5.13 Å². The molecule has 3 rings (SSSR count). The first-order valence-corrected chi connectivity index (χ1v) is 8.50. The molecule has 0 unspecified atom stereocenters. The monoisotopic (exact) mass is 317 g/mol. The molecular formula is C17H23N3OS. The molecule has 1 aliphatic rings. The van der Waals surface area contributed by atoms with E-state index in [1.165, 1.54) is 21.6 Å². The molecule has 4 nitrogen and oxygen atoms in total. The van der Waals surface area contributed by atoms with E-state index in [4.69, 9.17) is 9.72 Å². The van der Waals surface area contributed by atoms with E-state index in [0.717, 1.165) is 42.8 Å². The van der Waals surface area contributed by atoms with E-state index in [0.29, 0.717) is 0 Å². The summed E-state index contributed by atoms with van der Waals surface area (Å²) in [5, 5.41) is 4.53. The highest BCUT2D eigenvalue weighted by molar-refractivity contribution is 7.16. The Bertz CT molecular complexity index is 652. The predicted octanol–water partition coefficient (Wildman–Crippen LogP) is 3.15. The number of anilines is 1. The maximum atomic E-state index is 5.36. The molecular weight excluding hydrogens is 294 g/mol. The highest BCUT2D eigenvalue weighted by Crippen LogP contribution is 2.37. The van der Waals surface area contributed by atoms with Crippen molar-refractivity contribution >= 4 is 16.5 Å². The Labute approximate surface area is 136 Å². The average Bonchev–Trinajstić information content (AvgIpc) is 2.89. The van der Waals surface area contributed by atoms with Gasteiger partial charge in [0.05, 0.1) is 12.8 Å². The van der Waals surface area contributed by atoms with Crippen LogP contribution >= 0.6 is 11.3 Å². The van der Waals surface area contributed by atoms with Crippen LogP contribution in [0.3, 0.4) is 0 Å². The molecule has 0 spiro atoms. The number of hydrogen-bond donors (Lipinski definition) is 1. The van der Waals surface area contributed by atoms with Crippen molar-refractivity contribution < 1.29 is 4.74 Å². The lowest BCUT2D eigenvalue weighted by Gasteiger charge is -2.26. The van der Waals surface area contributed by atoms with E-state index in [1.54, 1.807) is 18.4 Å². The van der Waals surface area contributed by atoms with Crippen LogP contribution in [0.1, 0.15) is 16.0 Å². The van der Waals surface area contributed by atoms with Crippen molar-refractivity contribution in [1.82, 2.24) is 10.3 Å². The van der Waals surface area contributed by atoms with Crippen molar-refractivity contribution in [3.63, 3.8) is 0 Å². The molecule has 0 aliphatic carbocycles. The normalized spacial score (nSPS) is 15.2. The number of aromatic nitrogens is 1. The Hall–Kier alpha value is -1.59. The number of thiazole rings is 1. The molecule has 1 fully saturated rings. The predicted molar refractivity (Wildman–Crippen MR) is 93.4 cm³/mol. The maximum absolute atomic E-state index is 5.36. The number of rotatable bonds is 3. The summed E-state index contributed by atoms with van der Waals surface area (Å²) in [4.78, 5) is 8.62. The van der Waals surface area contributed by atoms with Gasteiger partial charge in [-0.15, -0.1) is 11.3 Å². The van der Waals surface area contributed by atoms with Gasteiger partial charge in [0.2, 0.25) is 0 Å². The molecule has 5 heteroatoms. The van der Waals surface area contributed by atoms with Crippen LogP contribution in [-0.2, 0) is 0 Å². The number of benzene rings is 1. The summed E-state index contributed by atoms with van der Waals surface area (Å²) in [7, 11) is 1.71. The molecule has 2 aromatic rings. The fourth-order valence-corrected chi connectivity index (χ4v) is 3.99. The van der Waals surface area contributed by atoms with Gasteiger partial charge in [-0.1, -0.05) is 0 Å². The van der Waals surface area contributed by atoms with Gasteiger partial charge in [-0.2, -0.15) is 0 Å². The van der Waals surface area contributed by atoms with Gasteiger partial charge >= 0.3 is 0 Å². The second-order valence-electron chi connectivity index (χ2n) is 5.77. The lowest BCUT2D eigenvalue weighted by atomic mass is 9.99. The highest BCUT2D eigenvalue weighted by atomic mass is 32.1. The van der Waals surface area contributed by atoms with Crippen molar-refractivity contribution in [2.24, 2.45) is 0 Å². The molecule has 0 amide bonds. The van der Waals surface area contributed by atoms with Crippen LogP contribution in [0, 0.1) is 20.8 Å². The molecule has 2 heterocycles. The number of piperazine rings is 1. The van der Waals surface area contributed by atoms with Crippen LogP contribution < -0.4 is 15.0 Å². The summed E-state index contributed by atoms with van der Waals surface area (Å²) in [6.45, 7) is 10.6. The minimum Gasteiger partial charge on any atom is -0.497 e. The second-order valence-corrected chi connectivity index (χ2v) is 6.96.